The van der Waals surface area contributed by atoms with Gasteiger partial charge in [0.05, 0.1) is 0 Å². The second kappa shape index (κ2) is 6.68. The zero-order valence-electron chi connectivity index (χ0n) is 7.59. The summed E-state index contributed by atoms with van der Waals surface area (Å²) in [6, 6.07) is 6.09. The molecule has 0 fully saturated rings. The Balaban J connectivity index is 0.00000128. The van der Waals surface area contributed by atoms with E-state index in [1.807, 2.05) is 0 Å². The Bertz CT molecular complexity index is 484. The van der Waals surface area contributed by atoms with Crippen molar-refractivity contribution in [3.63, 3.8) is 0 Å². The summed E-state index contributed by atoms with van der Waals surface area (Å²) in [6.45, 7) is 0. The maximum atomic E-state index is 12.6. The third-order valence-electron chi connectivity index (χ3n) is 1.72. The summed E-state index contributed by atoms with van der Waals surface area (Å²) in [7, 11) is 0. The van der Waals surface area contributed by atoms with Gasteiger partial charge in [-0.3, -0.25) is 0 Å². The summed E-state index contributed by atoms with van der Waals surface area (Å²) < 4.78 is 17.6. The Kier molecular flexibility index (Phi) is 5.88. The minimum atomic E-state index is -0.261. The van der Waals surface area contributed by atoms with E-state index < -0.39 is 0 Å². The van der Waals surface area contributed by atoms with E-state index in [0.29, 0.717) is 5.89 Å². The average molecular weight is 262 g/mol. The quantitative estimate of drug-likeness (QED) is 0.665. The van der Waals surface area contributed by atoms with Crippen LogP contribution in [0.5, 0.6) is 0 Å². The molecule has 0 aliphatic heterocycles. The summed E-state index contributed by atoms with van der Waals surface area (Å²) in [6.07, 6.45) is 3.39. The van der Waals surface area contributed by atoms with E-state index in [9.17, 15) is 4.39 Å². The van der Waals surface area contributed by atoms with Gasteiger partial charge in [0.2, 0.25) is 5.89 Å². The van der Waals surface area contributed by atoms with Crippen molar-refractivity contribution in [2.45, 2.75) is 5.22 Å². The number of hydrogen-bond acceptors (Lipinski definition) is 4. The molecule has 0 unspecified atom stereocenters. The fourth-order valence-corrected chi connectivity index (χ4v) is 1.17. The van der Waals surface area contributed by atoms with E-state index in [1.54, 1.807) is 24.3 Å². The molecule has 0 aliphatic rings. The Labute approximate surface area is 140 Å². The molecule has 2 rings (SSSR count). The van der Waals surface area contributed by atoms with Gasteiger partial charge < -0.3 is 4.42 Å². The van der Waals surface area contributed by atoms with Crippen LogP contribution in [0.4, 0.5) is 4.39 Å². The van der Waals surface area contributed by atoms with Crippen LogP contribution < -0.4 is 0 Å². The molecule has 0 atom stereocenters. The van der Waals surface area contributed by atoms with Crippen molar-refractivity contribution in [1.82, 2.24) is 10.2 Å². The van der Waals surface area contributed by atoms with Gasteiger partial charge in [-0.2, -0.15) is 0 Å². The van der Waals surface area contributed by atoms with E-state index in [1.165, 1.54) is 12.1 Å². The van der Waals surface area contributed by atoms with Crippen LogP contribution in [-0.2, 0) is 0 Å². The number of benzene rings is 1. The van der Waals surface area contributed by atoms with E-state index in [4.69, 9.17) is 4.42 Å². The van der Waals surface area contributed by atoms with Gasteiger partial charge in [0, 0.05) is 6.08 Å². The van der Waals surface area contributed by atoms with Gasteiger partial charge in [-0.15, -0.1) is 10.2 Å². The van der Waals surface area contributed by atoms with Gasteiger partial charge in [0.1, 0.15) is 5.82 Å². The molecule has 0 spiro atoms. The van der Waals surface area contributed by atoms with E-state index >= 15 is 0 Å². The van der Waals surface area contributed by atoms with Gasteiger partial charge >= 0.3 is 51.4 Å². The molecular formula is C10H8FKN2OS. The molecule has 1 aromatic carbocycles. The van der Waals surface area contributed by atoms with Crippen LogP contribution in [0.15, 0.2) is 33.9 Å². The molecule has 6 heteroatoms. The Hall–Kier alpha value is 0.0164. The number of halogens is 1. The standard InChI is InChI=1S/C10H7FN2OS.K.H/c11-8-4-1-7(2-5-8)3-6-9-12-13-10(15)14-9;;/h1-6H,(H,13,15);;/b6-3+;;. The summed E-state index contributed by atoms with van der Waals surface area (Å²) >= 11 is 3.88. The second-order valence-electron chi connectivity index (χ2n) is 2.81. The molecule has 1 aromatic heterocycles. The van der Waals surface area contributed by atoms with Crippen molar-refractivity contribution < 1.29 is 8.81 Å². The van der Waals surface area contributed by atoms with Crippen molar-refractivity contribution in [3.05, 3.63) is 41.5 Å². The molecule has 16 heavy (non-hydrogen) atoms. The molecule has 0 saturated carbocycles. The first kappa shape index (κ1) is 14.1. The SMILES string of the molecule is Fc1ccc(/C=C/c2nnc(S)o2)cc1.[KH]. The van der Waals surface area contributed by atoms with Crippen LogP contribution in [0.3, 0.4) is 0 Å². The second-order valence-corrected chi connectivity index (χ2v) is 3.19. The zero-order valence-corrected chi connectivity index (χ0v) is 8.49. The molecule has 1 heterocycles. The Morgan fingerprint density at radius 1 is 1.12 bits per heavy atom. The molecule has 2 aromatic rings. The summed E-state index contributed by atoms with van der Waals surface area (Å²) in [5.74, 6) is 0.104. The van der Waals surface area contributed by atoms with Crippen molar-refractivity contribution in [1.29, 1.82) is 0 Å². The van der Waals surface area contributed by atoms with Gasteiger partial charge in [0.15, 0.2) is 0 Å². The molecule has 0 radical (unpaired) electrons. The summed E-state index contributed by atoms with van der Waals surface area (Å²) in [4.78, 5) is 0. The van der Waals surface area contributed by atoms with Crippen LogP contribution in [0, 0.1) is 5.82 Å². The number of nitrogens with zero attached hydrogens (tertiary/aromatic N) is 2. The fourth-order valence-electron chi connectivity index (χ4n) is 1.04. The van der Waals surface area contributed by atoms with Gasteiger partial charge in [-0.1, -0.05) is 24.8 Å². The molecule has 0 amide bonds. The number of aromatic nitrogens is 2. The summed E-state index contributed by atoms with van der Waals surface area (Å²) in [5.41, 5.74) is 0.857. The topological polar surface area (TPSA) is 38.9 Å². The third kappa shape index (κ3) is 4.12. The zero-order chi connectivity index (χ0) is 10.7. The maximum absolute atomic E-state index is 12.6. The van der Waals surface area contributed by atoms with E-state index in [0.717, 1.165) is 5.56 Å². The Morgan fingerprint density at radius 2 is 1.81 bits per heavy atom. The van der Waals surface area contributed by atoms with Crippen molar-refractivity contribution in [2.75, 3.05) is 0 Å². The molecular weight excluding hydrogens is 254 g/mol. The van der Waals surface area contributed by atoms with Gasteiger partial charge in [-0.05, 0) is 23.8 Å². The molecule has 0 aliphatic carbocycles. The fraction of sp³-hybridized carbons (Fsp3) is 0. The minimum absolute atomic E-state index is 0. The number of rotatable bonds is 2. The first-order valence-electron chi connectivity index (χ1n) is 4.20. The van der Waals surface area contributed by atoms with Crippen LogP contribution in [0.1, 0.15) is 11.5 Å². The van der Waals surface area contributed by atoms with Crippen LogP contribution in [0.25, 0.3) is 12.2 Å². The molecule has 78 valence electrons. The first-order valence-corrected chi connectivity index (χ1v) is 4.65. The van der Waals surface area contributed by atoms with Crippen LogP contribution in [0.2, 0.25) is 0 Å². The Morgan fingerprint density at radius 3 is 2.38 bits per heavy atom. The first-order chi connectivity index (χ1) is 7.24. The monoisotopic (exact) mass is 262 g/mol. The van der Waals surface area contributed by atoms with E-state index in [-0.39, 0.29) is 62.4 Å². The molecule has 3 nitrogen and oxygen atoms in total. The van der Waals surface area contributed by atoms with Crippen molar-refractivity contribution >= 4 is 76.2 Å². The average Bonchev–Trinajstić information content (AvgIpc) is 2.64. The van der Waals surface area contributed by atoms with Crippen molar-refractivity contribution in [3.8, 4) is 0 Å². The summed E-state index contributed by atoms with van der Waals surface area (Å²) in [5, 5.41) is 7.49. The predicted octanol–water partition coefficient (Wildman–Crippen LogP) is 2.02. The van der Waals surface area contributed by atoms with Gasteiger partial charge in [0.25, 0.3) is 5.22 Å². The van der Waals surface area contributed by atoms with E-state index in [2.05, 4.69) is 22.8 Å². The third-order valence-corrected chi connectivity index (χ3v) is 1.90. The normalized spacial score (nSPS) is 10.4. The predicted molar refractivity (Wildman–Crippen MR) is 64.0 cm³/mol. The van der Waals surface area contributed by atoms with Crippen LogP contribution >= 0.6 is 12.6 Å². The molecule has 0 N–H and O–H groups in total. The number of thiol groups is 1. The number of hydrogen-bond donors (Lipinski definition) is 1. The van der Waals surface area contributed by atoms with Gasteiger partial charge in [-0.25, -0.2) is 4.39 Å². The molecule has 0 bridgehead atoms. The van der Waals surface area contributed by atoms with Crippen molar-refractivity contribution in [2.24, 2.45) is 0 Å². The van der Waals surface area contributed by atoms with Crippen LogP contribution in [-0.4, -0.2) is 61.6 Å². The molecule has 0 saturated heterocycles.